The van der Waals surface area contributed by atoms with Gasteiger partial charge in [-0.25, -0.2) is 4.98 Å². The van der Waals surface area contributed by atoms with Gasteiger partial charge < -0.3 is 19.1 Å². The Bertz CT molecular complexity index is 3450. The minimum absolute atomic E-state index is 0. The molecule has 10 rings (SSSR count). The molecule has 376 valence electrons. The normalized spacial score (nSPS) is 13.4. The summed E-state index contributed by atoms with van der Waals surface area (Å²) in [4.78, 5) is 9.67. The van der Waals surface area contributed by atoms with Crippen molar-refractivity contribution in [3.63, 3.8) is 0 Å². The van der Waals surface area contributed by atoms with E-state index in [0.29, 0.717) is 11.5 Å². The third kappa shape index (κ3) is 10.0. The van der Waals surface area contributed by atoms with Gasteiger partial charge >= 0.3 is 0 Å². The molecule has 0 radical (unpaired) electrons. The maximum Gasteiger partial charge on any atom is 0.135 e. The van der Waals surface area contributed by atoms with E-state index >= 15 is 0 Å². The summed E-state index contributed by atoms with van der Waals surface area (Å²) >= 11 is 0. The molecule has 1 aliphatic heterocycles. The predicted molar refractivity (Wildman–Crippen MR) is 303 cm³/mol. The summed E-state index contributed by atoms with van der Waals surface area (Å²) in [6, 6.07) is 62.7. The maximum atomic E-state index is 6.98. The molecule has 9 aromatic rings. The standard InChI is InChI=1S/C67H69N4O.Pt/c1-63(2,3)46-25-27-47(28-26-46)67(13,14)48-32-33-68-62(40-48)71-58-31-24-45(44-20-16-15-17-21-44)34-57(58)56-30-29-54(42-61(56)71)72-55-39-51(66(10,11)12)38-53(41-55)70-43-69(59-22-18-19-23-60(59)70)52-36-49(64(4,5)6)35-50(37-52)65(7,8)9;/h15-40,43H,1-14H3;/q-3;. The molecule has 0 amide bonds. The summed E-state index contributed by atoms with van der Waals surface area (Å²) in [7, 11) is 0. The van der Waals surface area contributed by atoms with Crippen LogP contribution in [-0.2, 0) is 48.1 Å². The topological polar surface area (TPSA) is 33.5 Å². The van der Waals surface area contributed by atoms with Crippen molar-refractivity contribution in [2.45, 2.75) is 124 Å². The van der Waals surface area contributed by atoms with Gasteiger partial charge in [0.25, 0.3) is 0 Å². The van der Waals surface area contributed by atoms with Crippen LogP contribution < -0.4 is 14.5 Å². The molecule has 0 bridgehead atoms. The molecule has 0 spiro atoms. The number of aromatic nitrogens is 2. The molecule has 7 aromatic carbocycles. The van der Waals surface area contributed by atoms with Crippen molar-refractivity contribution in [1.29, 1.82) is 0 Å². The van der Waals surface area contributed by atoms with Crippen molar-refractivity contribution in [2.24, 2.45) is 0 Å². The fourth-order valence-electron chi connectivity index (χ4n) is 9.91. The van der Waals surface area contributed by atoms with Crippen molar-refractivity contribution in [3.8, 4) is 28.4 Å². The van der Waals surface area contributed by atoms with Gasteiger partial charge in [-0.05, 0) is 108 Å². The van der Waals surface area contributed by atoms with Crippen LogP contribution in [0, 0.1) is 18.8 Å². The van der Waals surface area contributed by atoms with Crippen LogP contribution in [0.3, 0.4) is 0 Å². The molecule has 0 saturated heterocycles. The second kappa shape index (κ2) is 18.8. The molecule has 0 atom stereocenters. The Hall–Kier alpha value is -6.42. The van der Waals surface area contributed by atoms with Crippen molar-refractivity contribution in [1.82, 2.24) is 9.55 Å². The summed E-state index contributed by atoms with van der Waals surface area (Å²) in [5.41, 5.74) is 15.6. The van der Waals surface area contributed by atoms with Crippen LogP contribution in [0.4, 0.5) is 22.7 Å². The van der Waals surface area contributed by atoms with Crippen LogP contribution in [0.1, 0.15) is 130 Å². The number of fused-ring (bicyclic) bond motifs is 4. The van der Waals surface area contributed by atoms with E-state index in [9.17, 15) is 0 Å². The molecule has 6 heteroatoms. The third-order valence-corrected chi connectivity index (χ3v) is 14.7. The number of benzene rings is 7. The summed E-state index contributed by atoms with van der Waals surface area (Å²) < 4.78 is 9.23. The number of anilines is 4. The van der Waals surface area contributed by atoms with E-state index in [1.807, 2.05) is 12.3 Å². The molecule has 0 unspecified atom stereocenters. The summed E-state index contributed by atoms with van der Waals surface area (Å²) in [5, 5.41) is 2.19. The van der Waals surface area contributed by atoms with Crippen molar-refractivity contribution in [2.75, 3.05) is 9.80 Å². The zero-order valence-electron chi connectivity index (χ0n) is 45.1. The maximum absolute atomic E-state index is 6.98. The van der Waals surface area contributed by atoms with E-state index in [1.165, 1.54) is 33.4 Å². The zero-order valence-corrected chi connectivity index (χ0v) is 47.4. The number of para-hydroxylation sites is 2. The number of ether oxygens (including phenoxy) is 1. The second-order valence-electron chi connectivity index (χ2n) is 24.5. The summed E-state index contributed by atoms with van der Waals surface area (Å²) in [5.74, 6) is 2.04. The molecule has 0 N–H and O–H groups in total. The van der Waals surface area contributed by atoms with Gasteiger partial charge in [-0.1, -0.05) is 187 Å². The molecular formula is C67H69N4OPt-3. The Morgan fingerprint density at radius 1 is 0.452 bits per heavy atom. The Kier molecular flexibility index (Phi) is 13.3. The SMILES string of the molecule is CC(C)(C)c1ccc(C(C)(C)c2ccnc(-n3c4[c-]c(Oc5[c-]c(N6[CH-]N(c7cc(C(C)(C)C)cc(C(C)(C)C)c7)c7ccccc76)cc(C(C)(C)C)c5)ccc4c4cc(-c5ccccc5)ccc43)c2)cc1.[Pt]. The van der Waals surface area contributed by atoms with Gasteiger partial charge in [-0.3, -0.25) is 0 Å². The van der Waals surface area contributed by atoms with Gasteiger partial charge in [0.05, 0.1) is 0 Å². The number of rotatable bonds is 8. The number of pyridine rings is 1. The molecule has 73 heavy (non-hydrogen) atoms. The Balaban J connectivity index is 0.00000656. The first-order chi connectivity index (χ1) is 33.9. The van der Waals surface area contributed by atoms with Crippen LogP contribution in [0.15, 0.2) is 158 Å². The molecule has 0 saturated carbocycles. The van der Waals surface area contributed by atoms with Crippen LogP contribution in [0.2, 0.25) is 0 Å². The van der Waals surface area contributed by atoms with E-state index in [0.717, 1.165) is 61.5 Å². The smallest absolute Gasteiger partial charge is 0.135 e. The van der Waals surface area contributed by atoms with Crippen LogP contribution >= 0.6 is 0 Å². The first-order valence-corrected chi connectivity index (χ1v) is 25.5. The predicted octanol–water partition coefficient (Wildman–Crippen LogP) is 18.2. The number of nitrogens with zero attached hydrogens (tertiary/aromatic N) is 4. The number of hydrogen-bond donors (Lipinski definition) is 0. The monoisotopic (exact) mass is 1140 g/mol. The Morgan fingerprint density at radius 2 is 1.04 bits per heavy atom. The van der Waals surface area contributed by atoms with Gasteiger partial charge in [-0.2, -0.15) is 6.07 Å². The minimum Gasteiger partial charge on any atom is -0.509 e. The zero-order chi connectivity index (χ0) is 51.1. The van der Waals surface area contributed by atoms with Crippen molar-refractivity contribution >= 4 is 44.6 Å². The van der Waals surface area contributed by atoms with Gasteiger partial charge in [0.2, 0.25) is 0 Å². The van der Waals surface area contributed by atoms with Gasteiger partial charge in [0, 0.05) is 66.8 Å². The molecule has 3 heterocycles. The van der Waals surface area contributed by atoms with Crippen LogP contribution in [0.5, 0.6) is 11.5 Å². The fraction of sp³-hybridized carbons (Fsp3) is 0.284. The average Bonchev–Trinajstić information content (AvgIpc) is 3.89. The molecule has 0 fully saturated rings. The average molecular weight is 1140 g/mol. The quantitative estimate of drug-likeness (QED) is 0.142. The largest absolute Gasteiger partial charge is 0.509 e. The summed E-state index contributed by atoms with van der Waals surface area (Å²) in [6.07, 6.45) is 1.94. The van der Waals surface area contributed by atoms with E-state index in [1.54, 1.807) is 0 Å². The van der Waals surface area contributed by atoms with Crippen LogP contribution in [0.25, 0.3) is 38.8 Å². The van der Waals surface area contributed by atoms with Gasteiger partial charge in [0.1, 0.15) is 5.82 Å². The van der Waals surface area contributed by atoms with E-state index in [4.69, 9.17) is 9.72 Å². The second-order valence-corrected chi connectivity index (χ2v) is 24.5. The Labute approximate surface area is 449 Å². The van der Waals surface area contributed by atoms with Crippen LogP contribution in [-0.4, -0.2) is 9.55 Å². The molecule has 1 aliphatic rings. The fourth-order valence-corrected chi connectivity index (χ4v) is 9.91. The molecule has 5 nitrogen and oxygen atoms in total. The summed E-state index contributed by atoms with van der Waals surface area (Å²) in [6.45, 7) is 34.1. The van der Waals surface area contributed by atoms with Gasteiger partial charge in [0.15, 0.2) is 0 Å². The minimum atomic E-state index is -0.285. The molecule has 0 aliphatic carbocycles. The number of hydrogen-bond acceptors (Lipinski definition) is 4. The van der Waals surface area contributed by atoms with Crippen molar-refractivity contribution in [3.05, 3.63) is 210 Å². The Morgan fingerprint density at radius 3 is 1.67 bits per heavy atom. The van der Waals surface area contributed by atoms with E-state index < -0.39 is 0 Å². The molecule has 2 aromatic heterocycles. The third-order valence-electron chi connectivity index (χ3n) is 14.7. The first kappa shape index (κ1) is 51.5. The van der Waals surface area contributed by atoms with Gasteiger partial charge in [-0.15, -0.1) is 53.6 Å². The van der Waals surface area contributed by atoms with E-state index in [2.05, 4.69) is 276 Å². The van der Waals surface area contributed by atoms with E-state index in [-0.39, 0.29) is 48.1 Å². The molecular weight excluding hydrogens is 1070 g/mol. The first-order valence-electron chi connectivity index (χ1n) is 25.5. The van der Waals surface area contributed by atoms with Crippen molar-refractivity contribution < 1.29 is 25.8 Å².